The third-order valence-corrected chi connectivity index (χ3v) is 9.28. The van der Waals surface area contributed by atoms with Crippen LogP contribution >= 0.6 is 0 Å². The molecular formula is C38H50F6N4O6. The minimum atomic E-state index is -5.08. The number of allylic oxidation sites excluding steroid dienone is 2. The number of carboxylic acids is 2. The van der Waals surface area contributed by atoms with Gasteiger partial charge in [-0.2, -0.15) is 26.3 Å². The molecule has 2 spiro atoms. The van der Waals surface area contributed by atoms with E-state index in [1.54, 1.807) is 12.4 Å². The summed E-state index contributed by atoms with van der Waals surface area (Å²) in [5, 5.41) is 21.6. The highest BCUT2D eigenvalue weighted by molar-refractivity contribution is 5.73. The van der Waals surface area contributed by atoms with Gasteiger partial charge in [0.2, 0.25) is 0 Å². The van der Waals surface area contributed by atoms with Crippen LogP contribution in [-0.4, -0.2) is 80.8 Å². The summed E-state index contributed by atoms with van der Waals surface area (Å²) in [5.74, 6) is -3.77. The van der Waals surface area contributed by atoms with E-state index < -0.39 is 24.3 Å². The maximum Gasteiger partial charge on any atom is 0.490 e. The first-order chi connectivity index (χ1) is 25.2. The van der Waals surface area contributed by atoms with Gasteiger partial charge in [-0.25, -0.2) is 9.59 Å². The van der Waals surface area contributed by atoms with Crippen molar-refractivity contribution in [1.29, 1.82) is 0 Å². The Morgan fingerprint density at radius 2 is 1.02 bits per heavy atom. The second kappa shape index (κ2) is 19.4. The number of aromatic nitrogens is 2. The van der Waals surface area contributed by atoms with E-state index in [0.717, 1.165) is 37.2 Å². The summed E-state index contributed by atoms with van der Waals surface area (Å²) < 4.78 is 74.9. The first-order valence-electron chi connectivity index (χ1n) is 17.9. The zero-order chi connectivity index (χ0) is 40.2. The van der Waals surface area contributed by atoms with E-state index in [4.69, 9.17) is 29.3 Å². The van der Waals surface area contributed by atoms with E-state index in [2.05, 4.69) is 44.9 Å². The van der Waals surface area contributed by atoms with Gasteiger partial charge in [0.1, 0.15) is 11.5 Å². The average Bonchev–Trinajstić information content (AvgIpc) is 3.75. The van der Waals surface area contributed by atoms with Crippen LogP contribution in [0.5, 0.6) is 11.5 Å². The standard InChI is InChI=1S/2C17H24N2O.2C2HF3O2/c2*1-13(2)20-16-10-15(11-18-12-16)14-4-7-17(8-5-14)6-3-9-19-17;2*3-2(4,5)1(6)7/h2*4,10-13,19H,3,5-9H2,1-2H3;2*(H,6,7). The van der Waals surface area contributed by atoms with Crippen molar-refractivity contribution in [1.82, 2.24) is 20.6 Å². The van der Waals surface area contributed by atoms with E-state index in [1.165, 1.54) is 73.9 Å². The van der Waals surface area contributed by atoms with Crippen molar-refractivity contribution >= 4 is 23.1 Å². The summed E-state index contributed by atoms with van der Waals surface area (Å²) in [6.45, 7) is 10.5. The molecule has 4 heterocycles. The lowest BCUT2D eigenvalue weighted by molar-refractivity contribution is -0.193. The van der Waals surface area contributed by atoms with Crippen LogP contribution in [0.25, 0.3) is 11.1 Å². The van der Waals surface area contributed by atoms with Crippen molar-refractivity contribution < 1.29 is 55.6 Å². The van der Waals surface area contributed by atoms with Crippen molar-refractivity contribution in [2.75, 3.05) is 13.1 Å². The molecule has 2 saturated heterocycles. The Hall–Kier alpha value is -4.18. The van der Waals surface area contributed by atoms with E-state index in [9.17, 15) is 26.3 Å². The number of carboxylic acid groups (broad SMARTS) is 2. The Morgan fingerprint density at radius 3 is 1.26 bits per heavy atom. The summed E-state index contributed by atoms with van der Waals surface area (Å²) in [4.78, 5) is 26.4. The van der Waals surface area contributed by atoms with Crippen molar-refractivity contribution in [2.45, 2.75) is 128 Å². The number of nitrogens with one attached hydrogen (secondary N) is 2. The van der Waals surface area contributed by atoms with Crippen molar-refractivity contribution in [3.63, 3.8) is 0 Å². The molecule has 6 rings (SSSR count). The van der Waals surface area contributed by atoms with Crippen LogP contribution in [0.2, 0.25) is 0 Å². The van der Waals surface area contributed by atoms with Gasteiger partial charge in [0.15, 0.2) is 0 Å². The first kappa shape index (κ1) is 44.2. The van der Waals surface area contributed by atoms with E-state index in [1.807, 2.05) is 40.1 Å². The number of halogens is 6. The van der Waals surface area contributed by atoms with Gasteiger partial charge in [-0.15, -0.1) is 0 Å². The molecule has 0 saturated carbocycles. The van der Waals surface area contributed by atoms with Gasteiger partial charge in [0, 0.05) is 23.5 Å². The van der Waals surface area contributed by atoms with Crippen LogP contribution in [0, 0.1) is 0 Å². The Kier molecular flexibility index (Phi) is 15.9. The highest BCUT2D eigenvalue weighted by Gasteiger charge is 2.39. The minimum absolute atomic E-state index is 0.193. The number of ether oxygens (including phenoxy) is 2. The van der Waals surface area contributed by atoms with E-state index in [-0.39, 0.29) is 12.2 Å². The smallest absolute Gasteiger partial charge is 0.489 e. The number of hydrogen-bond donors (Lipinski definition) is 4. The van der Waals surface area contributed by atoms with Gasteiger partial charge in [-0.1, -0.05) is 12.2 Å². The number of alkyl halides is 6. The maximum absolute atomic E-state index is 10.6. The summed E-state index contributed by atoms with van der Waals surface area (Å²) in [6.07, 6.45) is 14.9. The number of pyridine rings is 2. The molecule has 2 aromatic rings. The van der Waals surface area contributed by atoms with Gasteiger partial charge < -0.3 is 30.3 Å². The number of nitrogens with zero attached hydrogens (tertiary/aromatic N) is 2. The Labute approximate surface area is 311 Å². The monoisotopic (exact) mass is 772 g/mol. The molecule has 10 nitrogen and oxygen atoms in total. The molecule has 2 aromatic heterocycles. The summed E-state index contributed by atoms with van der Waals surface area (Å²) in [7, 11) is 0. The maximum atomic E-state index is 10.6. The van der Waals surface area contributed by atoms with Crippen LogP contribution in [-0.2, 0) is 9.59 Å². The largest absolute Gasteiger partial charge is 0.490 e. The fourth-order valence-corrected chi connectivity index (χ4v) is 6.69. The molecule has 2 aliphatic carbocycles. The number of rotatable bonds is 6. The second-order valence-electron chi connectivity index (χ2n) is 14.2. The lowest BCUT2D eigenvalue weighted by atomic mass is 9.80. The van der Waals surface area contributed by atoms with Gasteiger partial charge in [-0.05, 0) is 139 Å². The molecule has 2 atom stereocenters. The normalized spacial score (nSPS) is 22.2. The lowest BCUT2D eigenvalue weighted by Gasteiger charge is -2.33. The summed E-state index contributed by atoms with van der Waals surface area (Å²) in [5.41, 5.74) is 6.07. The zero-order valence-electron chi connectivity index (χ0n) is 30.9. The molecule has 2 unspecified atom stereocenters. The van der Waals surface area contributed by atoms with Crippen LogP contribution in [0.1, 0.15) is 103 Å². The lowest BCUT2D eigenvalue weighted by Crippen LogP contribution is -2.40. The summed E-state index contributed by atoms with van der Waals surface area (Å²) >= 11 is 0. The fraction of sp³-hybridized carbons (Fsp3) is 0.579. The molecular weight excluding hydrogens is 722 g/mol. The molecule has 2 aliphatic heterocycles. The van der Waals surface area contributed by atoms with Crippen molar-refractivity contribution in [3.05, 3.63) is 60.2 Å². The fourth-order valence-electron chi connectivity index (χ4n) is 6.69. The highest BCUT2D eigenvalue weighted by atomic mass is 19.4. The van der Waals surface area contributed by atoms with E-state index in [0.29, 0.717) is 11.1 Å². The topological polar surface area (TPSA) is 143 Å². The van der Waals surface area contributed by atoms with Gasteiger partial charge in [0.05, 0.1) is 24.6 Å². The molecule has 4 aliphatic rings. The van der Waals surface area contributed by atoms with Crippen molar-refractivity contribution in [3.8, 4) is 11.5 Å². The Balaban J connectivity index is 0.000000217. The van der Waals surface area contributed by atoms with Gasteiger partial charge in [-0.3, -0.25) is 9.97 Å². The SMILES string of the molecule is CC(C)Oc1cncc(C2=CCC3(CCCN3)CC2)c1.CC(C)Oc1cncc(C2=CCC3(CCCN3)CC2)c1.O=C(O)C(F)(F)F.O=C(O)C(F)(F)F. The number of aliphatic carboxylic acids is 2. The molecule has 0 radical (unpaired) electrons. The molecule has 0 bridgehead atoms. The third kappa shape index (κ3) is 14.2. The van der Waals surface area contributed by atoms with Crippen LogP contribution in [0.15, 0.2) is 49.1 Å². The predicted octanol–water partition coefficient (Wildman–Crippen LogP) is 8.38. The summed E-state index contributed by atoms with van der Waals surface area (Å²) in [6, 6.07) is 4.25. The first-order valence-corrected chi connectivity index (χ1v) is 17.9. The molecule has 0 amide bonds. The van der Waals surface area contributed by atoms with Crippen molar-refractivity contribution in [2.24, 2.45) is 0 Å². The van der Waals surface area contributed by atoms with Crippen LogP contribution < -0.4 is 20.1 Å². The van der Waals surface area contributed by atoms with E-state index >= 15 is 0 Å². The molecule has 54 heavy (non-hydrogen) atoms. The zero-order valence-corrected chi connectivity index (χ0v) is 30.9. The van der Waals surface area contributed by atoms with Gasteiger partial charge >= 0.3 is 24.3 Å². The Morgan fingerprint density at radius 1 is 0.667 bits per heavy atom. The van der Waals surface area contributed by atoms with Crippen LogP contribution in [0.4, 0.5) is 26.3 Å². The number of carbonyl (C=O) groups is 2. The second-order valence-corrected chi connectivity index (χ2v) is 14.2. The molecule has 4 N–H and O–H groups in total. The minimum Gasteiger partial charge on any atom is -0.489 e. The molecule has 2 fully saturated rings. The quantitative estimate of drug-likeness (QED) is 0.212. The highest BCUT2D eigenvalue weighted by Crippen LogP contribution is 2.39. The molecule has 300 valence electrons. The third-order valence-electron chi connectivity index (χ3n) is 9.28. The van der Waals surface area contributed by atoms with Gasteiger partial charge in [0.25, 0.3) is 0 Å². The predicted molar refractivity (Wildman–Crippen MR) is 191 cm³/mol. The van der Waals surface area contributed by atoms with Crippen LogP contribution in [0.3, 0.4) is 0 Å². The average molecular weight is 773 g/mol. The Bertz CT molecular complexity index is 1480. The molecule has 0 aromatic carbocycles. The number of hydrogen-bond acceptors (Lipinski definition) is 8. The molecule has 16 heteroatoms.